The first-order valence-corrected chi connectivity index (χ1v) is 9.57. The molecule has 0 aliphatic rings. The topological polar surface area (TPSA) is 55.1 Å². The Kier molecular flexibility index (Phi) is 5.12. The average Bonchev–Trinajstić information content (AvgIpc) is 3.18. The highest BCUT2D eigenvalue weighted by Crippen LogP contribution is 2.22. The molecule has 130 valence electrons. The molecule has 0 saturated carbocycles. The molecule has 2 heterocycles. The van der Waals surface area contributed by atoms with E-state index in [1.807, 2.05) is 42.1 Å². The number of anilines is 1. The Labute approximate surface area is 156 Å². The summed E-state index contributed by atoms with van der Waals surface area (Å²) in [5.41, 5.74) is 1.97. The lowest BCUT2D eigenvalue weighted by Gasteiger charge is -2.10. The van der Waals surface area contributed by atoms with Gasteiger partial charge in [0.1, 0.15) is 12.1 Å². The largest absolute Gasteiger partial charge is 0.370 e. The van der Waals surface area contributed by atoms with Gasteiger partial charge in [-0.25, -0.2) is 4.98 Å². The van der Waals surface area contributed by atoms with E-state index in [0.717, 1.165) is 35.8 Å². The molecule has 1 N–H and O–H groups in total. The predicted molar refractivity (Wildman–Crippen MR) is 106 cm³/mol. The maximum absolute atomic E-state index is 4.60. The Morgan fingerprint density at radius 1 is 0.962 bits per heavy atom. The van der Waals surface area contributed by atoms with Crippen LogP contribution in [0.15, 0.2) is 78.0 Å². The molecule has 0 radical (unpaired) electrons. The monoisotopic (exact) mass is 361 g/mol. The van der Waals surface area contributed by atoms with E-state index in [-0.39, 0.29) is 0 Å². The van der Waals surface area contributed by atoms with Crippen molar-refractivity contribution in [1.29, 1.82) is 0 Å². The van der Waals surface area contributed by atoms with Gasteiger partial charge < -0.3 is 5.32 Å². The third kappa shape index (κ3) is 3.86. The van der Waals surface area contributed by atoms with Crippen molar-refractivity contribution in [3.05, 3.63) is 73.1 Å². The van der Waals surface area contributed by atoms with Gasteiger partial charge in [-0.2, -0.15) is 14.6 Å². The maximum Gasteiger partial charge on any atom is 0.254 e. The van der Waals surface area contributed by atoms with Crippen LogP contribution in [0, 0.1) is 0 Å². The molecule has 2 aromatic heterocycles. The van der Waals surface area contributed by atoms with E-state index in [1.165, 1.54) is 11.2 Å². The highest BCUT2D eigenvalue weighted by Gasteiger charge is 2.08. The molecule has 0 fully saturated rings. The first-order valence-electron chi connectivity index (χ1n) is 8.58. The average molecular weight is 361 g/mol. The van der Waals surface area contributed by atoms with Gasteiger partial charge >= 0.3 is 0 Å². The van der Waals surface area contributed by atoms with Crippen LogP contribution in [0.5, 0.6) is 0 Å². The molecule has 0 bridgehead atoms. The van der Waals surface area contributed by atoms with E-state index in [4.69, 9.17) is 0 Å². The molecule has 4 rings (SSSR count). The van der Waals surface area contributed by atoms with Gasteiger partial charge in [0, 0.05) is 23.1 Å². The fourth-order valence-electron chi connectivity index (χ4n) is 2.69. The smallest absolute Gasteiger partial charge is 0.254 e. The molecule has 0 atom stereocenters. The van der Waals surface area contributed by atoms with Crippen molar-refractivity contribution >= 4 is 23.4 Å². The summed E-state index contributed by atoms with van der Waals surface area (Å²) in [4.78, 5) is 10.1. The van der Waals surface area contributed by atoms with Crippen LogP contribution in [0.2, 0.25) is 0 Å². The number of thioether (sulfide) groups is 1. The predicted octanol–water partition coefficient (Wildman–Crippen LogP) is 4.39. The highest BCUT2D eigenvalue weighted by atomic mass is 32.2. The lowest BCUT2D eigenvalue weighted by molar-refractivity contribution is 0.907. The first-order chi connectivity index (χ1) is 12.9. The van der Waals surface area contributed by atoms with Crippen LogP contribution in [0.25, 0.3) is 17.0 Å². The lowest BCUT2D eigenvalue weighted by atomic mass is 10.1. The second kappa shape index (κ2) is 8.01. The van der Waals surface area contributed by atoms with E-state index in [9.17, 15) is 0 Å². The van der Waals surface area contributed by atoms with E-state index in [1.54, 1.807) is 4.52 Å². The molecule has 5 nitrogen and oxygen atoms in total. The van der Waals surface area contributed by atoms with Crippen LogP contribution < -0.4 is 5.32 Å². The van der Waals surface area contributed by atoms with Gasteiger partial charge in [-0.1, -0.05) is 48.5 Å². The van der Waals surface area contributed by atoms with Gasteiger partial charge in [-0.3, -0.25) is 0 Å². The van der Waals surface area contributed by atoms with Crippen molar-refractivity contribution in [2.24, 2.45) is 0 Å². The van der Waals surface area contributed by atoms with Crippen LogP contribution in [0.3, 0.4) is 0 Å². The van der Waals surface area contributed by atoms with Crippen molar-refractivity contribution < 1.29 is 0 Å². The number of nitrogens with one attached hydrogen (secondary N) is 1. The molecule has 26 heavy (non-hydrogen) atoms. The van der Waals surface area contributed by atoms with Crippen molar-refractivity contribution in [1.82, 2.24) is 19.6 Å². The summed E-state index contributed by atoms with van der Waals surface area (Å²) in [5.74, 6) is 2.58. The number of hydrogen-bond donors (Lipinski definition) is 1. The minimum absolute atomic E-state index is 0.604. The Morgan fingerprint density at radius 2 is 1.73 bits per heavy atom. The molecule has 0 spiro atoms. The molecule has 6 heteroatoms. The number of fused-ring (bicyclic) bond motifs is 1. The van der Waals surface area contributed by atoms with Crippen molar-refractivity contribution in [3.8, 4) is 11.3 Å². The molecule has 0 aliphatic carbocycles. The minimum Gasteiger partial charge on any atom is -0.370 e. The maximum atomic E-state index is 4.60. The standard InChI is InChI=1S/C20H19N5S/c1-3-8-16(9-4-1)18-14-19(25-20(24-18)22-15-23-25)21-12-7-13-26-17-10-5-2-6-11-17/h1-6,8-11,14-15,21H,7,12-13H2. The van der Waals surface area contributed by atoms with Crippen LogP contribution in [0.4, 0.5) is 5.82 Å². The summed E-state index contributed by atoms with van der Waals surface area (Å²) >= 11 is 1.87. The summed E-state index contributed by atoms with van der Waals surface area (Å²) in [6.07, 6.45) is 2.59. The van der Waals surface area contributed by atoms with Gasteiger partial charge in [0.2, 0.25) is 0 Å². The Balaban J connectivity index is 1.43. The molecule has 2 aromatic carbocycles. The summed E-state index contributed by atoms with van der Waals surface area (Å²) in [5, 5.41) is 7.75. The Morgan fingerprint density at radius 3 is 2.54 bits per heavy atom. The molecule has 0 unspecified atom stereocenters. The van der Waals surface area contributed by atoms with Gasteiger partial charge in [-0.15, -0.1) is 11.8 Å². The van der Waals surface area contributed by atoms with Crippen molar-refractivity contribution in [2.75, 3.05) is 17.6 Å². The fourth-order valence-corrected chi connectivity index (χ4v) is 3.56. The van der Waals surface area contributed by atoms with Crippen LogP contribution in [-0.2, 0) is 0 Å². The van der Waals surface area contributed by atoms with Crippen molar-refractivity contribution in [2.45, 2.75) is 11.3 Å². The van der Waals surface area contributed by atoms with E-state index in [2.05, 4.69) is 56.8 Å². The third-order valence-electron chi connectivity index (χ3n) is 3.96. The van der Waals surface area contributed by atoms with Crippen molar-refractivity contribution in [3.63, 3.8) is 0 Å². The lowest BCUT2D eigenvalue weighted by Crippen LogP contribution is -2.08. The second-order valence-corrected chi connectivity index (χ2v) is 6.97. The first kappa shape index (κ1) is 16.6. The minimum atomic E-state index is 0.604. The molecule has 0 aliphatic heterocycles. The summed E-state index contributed by atoms with van der Waals surface area (Å²) in [6, 6.07) is 22.6. The fraction of sp³-hybridized carbons (Fsp3) is 0.150. The molecule has 0 saturated heterocycles. The Bertz CT molecular complexity index is 969. The quantitative estimate of drug-likeness (QED) is 0.391. The number of rotatable bonds is 7. The number of nitrogens with zero attached hydrogens (tertiary/aromatic N) is 4. The van der Waals surface area contributed by atoms with Crippen LogP contribution >= 0.6 is 11.8 Å². The van der Waals surface area contributed by atoms with E-state index < -0.39 is 0 Å². The molecule has 4 aromatic rings. The third-order valence-corrected chi connectivity index (χ3v) is 5.06. The SMILES string of the molecule is c1ccc(SCCCNc2cc(-c3ccccc3)nc3ncnn23)cc1. The summed E-state index contributed by atoms with van der Waals surface area (Å²) in [6.45, 7) is 0.868. The molecular weight excluding hydrogens is 342 g/mol. The molecular formula is C20H19N5S. The zero-order chi connectivity index (χ0) is 17.6. The van der Waals surface area contributed by atoms with Gasteiger partial charge in [0.15, 0.2) is 0 Å². The summed E-state index contributed by atoms with van der Waals surface area (Å²) in [7, 11) is 0. The number of hydrogen-bond acceptors (Lipinski definition) is 5. The van der Waals surface area contributed by atoms with Gasteiger partial charge in [0.05, 0.1) is 5.69 Å². The van der Waals surface area contributed by atoms with E-state index >= 15 is 0 Å². The summed E-state index contributed by atoms with van der Waals surface area (Å²) < 4.78 is 1.75. The highest BCUT2D eigenvalue weighted by molar-refractivity contribution is 7.99. The van der Waals surface area contributed by atoms with E-state index in [0.29, 0.717) is 5.78 Å². The number of aromatic nitrogens is 4. The van der Waals surface area contributed by atoms with Crippen LogP contribution in [0.1, 0.15) is 6.42 Å². The zero-order valence-electron chi connectivity index (χ0n) is 14.2. The second-order valence-electron chi connectivity index (χ2n) is 5.81. The van der Waals surface area contributed by atoms with Gasteiger partial charge in [-0.05, 0) is 24.3 Å². The van der Waals surface area contributed by atoms with Crippen LogP contribution in [-0.4, -0.2) is 31.9 Å². The van der Waals surface area contributed by atoms with Gasteiger partial charge in [0.25, 0.3) is 5.78 Å². The Hall–Kier alpha value is -2.86. The molecule has 0 amide bonds. The zero-order valence-corrected chi connectivity index (χ0v) is 15.1. The number of benzene rings is 2. The normalized spacial score (nSPS) is 10.9.